The highest BCUT2D eigenvalue weighted by atomic mass is 32.2. The zero-order chi connectivity index (χ0) is 13.2. The van der Waals surface area contributed by atoms with Crippen molar-refractivity contribution in [2.45, 2.75) is 73.9 Å². The minimum Gasteiger partial charge on any atom is -0.307 e. The van der Waals surface area contributed by atoms with E-state index in [1.807, 2.05) is 11.3 Å². The largest absolute Gasteiger partial charge is 0.307 e. The van der Waals surface area contributed by atoms with Crippen LogP contribution in [0.2, 0.25) is 0 Å². The molecular weight excluding hydrogens is 270 g/mol. The lowest BCUT2D eigenvalue weighted by Gasteiger charge is -2.34. The molecule has 2 heterocycles. The van der Waals surface area contributed by atoms with E-state index in [4.69, 9.17) is 0 Å². The van der Waals surface area contributed by atoms with Crippen LogP contribution >= 0.6 is 23.1 Å². The molecule has 1 aliphatic carbocycles. The molecule has 3 rings (SSSR count). The van der Waals surface area contributed by atoms with Gasteiger partial charge in [0.15, 0.2) is 0 Å². The van der Waals surface area contributed by atoms with Gasteiger partial charge in [-0.2, -0.15) is 0 Å². The highest BCUT2D eigenvalue weighted by molar-refractivity contribution is 8.01. The molecule has 19 heavy (non-hydrogen) atoms. The summed E-state index contributed by atoms with van der Waals surface area (Å²) in [4.78, 5) is 0. The maximum atomic E-state index is 3.95. The summed E-state index contributed by atoms with van der Waals surface area (Å²) in [6, 6.07) is 3.60. The molecule has 2 aliphatic rings. The molecule has 106 valence electrons. The van der Waals surface area contributed by atoms with Crippen LogP contribution in [0.15, 0.2) is 15.7 Å². The van der Waals surface area contributed by atoms with E-state index >= 15 is 0 Å². The van der Waals surface area contributed by atoms with E-state index in [1.54, 1.807) is 9.77 Å². The fraction of sp³-hybridized carbons (Fsp3) is 0.750. The van der Waals surface area contributed by atoms with Gasteiger partial charge in [0.2, 0.25) is 0 Å². The van der Waals surface area contributed by atoms with E-state index < -0.39 is 0 Å². The van der Waals surface area contributed by atoms with Crippen molar-refractivity contribution in [1.29, 1.82) is 0 Å². The molecule has 0 radical (unpaired) electrons. The summed E-state index contributed by atoms with van der Waals surface area (Å²) < 4.78 is 1.55. The van der Waals surface area contributed by atoms with Gasteiger partial charge in [-0.25, -0.2) is 0 Å². The van der Waals surface area contributed by atoms with Crippen LogP contribution in [-0.4, -0.2) is 11.3 Å². The standard InChI is InChI=1S/C16H25NS2/c1-11-10-15(14-8-9-18-16(14)19-11)17-12(2)13-6-4-3-5-7-13/h8-9,11-13,15,17H,3-7,10H2,1-2H3/t11-,12-,15?/m0/s1. The molecular formula is C16H25NS2. The fourth-order valence-corrected chi connectivity index (χ4v) is 6.16. The Kier molecular flexibility index (Phi) is 4.55. The molecule has 0 bridgehead atoms. The Hall–Kier alpha value is 0.0100. The van der Waals surface area contributed by atoms with Crippen LogP contribution in [0.25, 0.3) is 0 Å². The Balaban J connectivity index is 1.66. The lowest BCUT2D eigenvalue weighted by Crippen LogP contribution is -2.39. The van der Waals surface area contributed by atoms with Gasteiger partial charge in [-0.1, -0.05) is 26.2 Å². The molecule has 3 heteroatoms. The van der Waals surface area contributed by atoms with Crippen molar-refractivity contribution in [3.63, 3.8) is 0 Å². The molecule has 1 aliphatic heterocycles. The number of hydrogen-bond acceptors (Lipinski definition) is 3. The van der Waals surface area contributed by atoms with Gasteiger partial charge in [-0.05, 0) is 49.1 Å². The number of nitrogens with one attached hydrogen (secondary N) is 1. The minimum absolute atomic E-state index is 0.592. The quantitative estimate of drug-likeness (QED) is 0.819. The summed E-state index contributed by atoms with van der Waals surface area (Å²) in [5, 5.41) is 6.97. The van der Waals surface area contributed by atoms with Gasteiger partial charge in [0.05, 0.1) is 4.21 Å². The predicted molar refractivity (Wildman–Crippen MR) is 86.2 cm³/mol. The van der Waals surface area contributed by atoms with Crippen LogP contribution in [-0.2, 0) is 0 Å². The Morgan fingerprint density at radius 1 is 1.26 bits per heavy atom. The topological polar surface area (TPSA) is 12.0 Å². The second kappa shape index (κ2) is 6.19. The lowest BCUT2D eigenvalue weighted by atomic mass is 9.84. The van der Waals surface area contributed by atoms with Crippen molar-refractivity contribution in [3.8, 4) is 0 Å². The number of rotatable bonds is 3. The third kappa shape index (κ3) is 3.20. The number of thiophene rings is 1. The van der Waals surface area contributed by atoms with Crippen molar-refractivity contribution >= 4 is 23.1 Å². The average molecular weight is 296 g/mol. The molecule has 1 nitrogen and oxygen atoms in total. The zero-order valence-corrected chi connectivity index (χ0v) is 13.7. The third-order valence-electron chi connectivity index (χ3n) is 4.73. The summed E-state index contributed by atoms with van der Waals surface area (Å²) >= 11 is 3.98. The summed E-state index contributed by atoms with van der Waals surface area (Å²) in [6.07, 6.45) is 8.48. The van der Waals surface area contributed by atoms with E-state index in [-0.39, 0.29) is 0 Å². The Labute approximate surface area is 125 Å². The first kappa shape index (κ1) is 14.0. The van der Waals surface area contributed by atoms with Crippen LogP contribution < -0.4 is 5.32 Å². The van der Waals surface area contributed by atoms with Gasteiger partial charge in [0, 0.05) is 17.3 Å². The molecule has 1 unspecified atom stereocenters. The third-order valence-corrected chi connectivity index (χ3v) is 7.07. The predicted octanol–water partition coefficient (Wildman–Crippen LogP) is 5.23. The number of hydrogen-bond donors (Lipinski definition) is 1. The molecule has 3 atom stereocenters. The Bertz CT molecular complexity index is 409. The monoisotopic (exact) mass is 295 g/mol. The van der Waals surface area contributed by atoms with Gasteiger partial charge in [-0.3, -0.25) is 0 Å². The summed E-state index contributed by atoms with van der Waals surface area (Å²) in [5.41, 5.74) is 1.57. The number of fused-ring (bicyclic) bond motifs is 1. The summed E-state index contributed by atoms with van der Waals surface area (Å²) in [5.74, 6) is 0.903. The number of thioether (sulfide) groups is 1. The van der Waals surface area contributed by atoms with Crippen molar-refractivity contribution in [3.05, 3.63) is 17.0 Å². The van der Waals surface area contributed by atoms with Crippen LogP contribution in [0, 0.1) is 5.92 Å². The van der Waals surface area contributed by atoms with E-state index in [0.29, 0.717) is 12.1 Å². The van der Waals surface area contributed by atoms with Crippen LogP contribution in [0.3, 0.4) is 0 Å². The Morgan fingerprint density at radius 3 is 2.84 bits per heavy atom. The van der Waals surface area contributed by atoms with Crippen LogP contribution in [0.5, 0.6) is 0 Å². The van der Waals surface area contributed by atoms with E-state index in [9.17, 15) is 0 Å². The summed E-state index contributed by atoms with van der Waals surface area (Å²) in [7, 11) is 0. The first-order valence-electron chi connectivity index (χ1n) is 7.74. The van der Waals surface area contributed by atoms with Gasteiger partial charge in [0.25, 0.3) is 0 Å². The highest BCUT2D eigenvalue weighted by Crippen LogP contribution is 2.44. The van der Waals surface area contributed by atoms with Crippen molar-refractivity contribution in [1.82, 2.24) is 5.32 Å². The second-order valence-electron chi connectivity index (χ2n) is 6.23. The van der Waals surface area contributed by atoms with Crippen molar-refractivity contribution < 1.29 is 0 Å². The molecule has 0 saturated heterocycles. The molecule has 1 aromatic rings. The first-order chi connectivity index (χ1) is 9.24. The van der Waals surface area contributed by atoms with E-state index in [2.05, 4.69) is 42.4 Å². The lowest BCUT2D eigenvalue weighted by molar-refractivity contribution is 0.259. The van der Waals surface area contributed by atoms with Crippen molar-refractivity contribution in [2.24, 2.45) is 5.92 Å². The van der Waals surface area contributed by atoms with Crippen LogP contribution in [0.4, 0.5) is 0 Å². The van der Waals surface area contributed by atoms with Crippen molar-refractivity contribution in [2.75, 3.05) is 0 Å². The van der Waals surface area contributed by atoms with Gasteiger partial charge >= 0.3 is 0 Å². The molecule has 0 aromatic carbocycles. The SMILES string of the molecule is C[C@H](NC1C[C@H](C)Sc2sccc21)C1CCCCC1. The van der Waals surface area contributed by atoms with Crippen LogP contribution in [0.1, 0.15) is 64.0 Å². The fourth-order valence-electron chi connectivity index (χ4n) is 3.59. The minimum atomic E-state index is 0.592. The van der Waals surface area contributed by atoms with Gasteiger partial charge in [0.1, 0.15) is 0 Å². The maximum Gasteiger partial charge on any atom is 0.0649 e. The first-order valence-corrected chi connectivity index (χ1v) is 9.50. The average Bonchev–Trinajstić information content (AvgIpc) is 2.88. The molecule has 0 spiro atoms. The molecule has 1 fully saturated rings. The molecule has 1 N–H and O–H groups in total. The van der Waals surface area contributed by atoms with Gasteiger partial charge < -0.3 is 5.32 Å². The second-order valence-corrected chi connectivity index (χ2v) is 8.86. The summed E-state index contributed by atoms with van der Waals surface area (Å²) in [6.45, 7) is 4.78. The normalized spacial score (nSPS) is 30.0. The Morgan fingerprint density at radius 2 is 2.05 bits per heavy atom. The molecule has 1 saturated carbocycles. The maximum absolute atomic E-state index is 3.95. The molecule has 0 amide bonds. The zero-order valence-electron chi connectivity index (χ0n) is 12.0. The molecule has 1 aromatic heterocycles. The van der Waals surface area contributed by atoms with E-state index in [1.165, 1.54) is 38.5 Å². The smallest absolute Gasteiger partial charge is 0.0649 e. The van der Waals surface area contributed by atoms with Gasteiger partial charge in [-0.15, -0.1) is 23.1 Å². The van der Waals surface area contributed by atoms with E-state index in [0.717, 1.165) is 11.2 Å². The highest BCUT2D eigenvalue weighted by Gasteiger charge is 2.29.